The van der Waals surface area contributed by atoms with Crippen molar-refractivity contribution >= 4 is 39.2 Å². The van der Waals surface area contributed by atoms with Crippen molar-refractivity contribution in [2.75, 3.05) is 11.9 Å². The molecule has 0 spiro atoms. The van der Waals surface area contributed by atoms with Crippen LogP contribution in [0.15, 0.2) is 77.7 Å². The number of non-ortho nitro benzene ring substituents is 1. The largest absolute Gasteiger partial charge is 0.457 e. The minimum absolute atomic E-state index is 0.00359. The molecule has 0 radical (unpaired) electrons. The summed E-state index contributed by atoms with van der Waals surface area (Å²) in [7, 11) is -4.04. The van der Waals surface area contributed by atoms with Crippen LogP contribution in [0.5, 0.6) is 5.75 Å². The first-order valence-electron chi connectivity index (χ1n) is 10.9. The molecule has 0 atom stereocenters. The van der Waals surface area contributed by atoms with Crippen molar-refractivity contribution in [3.05, 3.63) is 94.0 Å². The number of nitro benzene ring substituents is 1. The van der Waals surface area contributed by atoms with Crippen LogP contribution in [-0.2, 0) is 24.4 Å². The van der Waals surface area contributed by atoms with E-state index in [0.717, 1.165) is 5.56 Å². The van der Waals surface area contributed by atoms with Gasteiger partial charge in [0.15, 0.2) is 12.4 Å². The SMILES string of the molecule is Cc1ccc(S(=O)(=O)Oc2ccc(C(=O)COC(=O)CCC(=O)Nc3cccc([N+](=O)[O-])c3)cc2)cc1. The van der Waals surface area contributed by atoms with E-state index in [1.54, 1.807) is 12.1 Å². The zero-order chi connectivity index (χ0) is 27.0. The fourth-order valence-electron chi connectivity index (χ4n) is 3.01. The number of anilines is 1. The maximum Gasteiger partial charge on any atom is 0.339 e. The molecule has 1 amide bonds. The summed E-state index contributed by atoms with van der Waals surface area (Å²) >= 11 is 0. The quantitative estimate of drug-likeness (QED) is 0.129. The van der Waals surface area contributed by atoms with Gasteiger partial charge in [-0.2, -0.15) is 8.42 Å². The lowest BCUT2D eigenvalue weighted by Crippen LogP contribution is -2.17. The predicted octanol–water partition coefficient (Wildman–Crippen LogP) is 3.82. The van der Waals surface area contributed by atoms with Gasteiger partial charge in [0, 0.05) is 29.8 Å². The number of ether oxygens (including phenoxy) is 1. The van der Waals surface area contributed by atoms with Crippen molar-refractivity contribution in [2.24, 2.45) is 0 Å². The molecule has 3 aromatic rings. The molecular weight excluding hydrogens is 504 g/mol. The van der Waals surface area contributed by atoms with E-state index < -0.39 is 39.3 Å². The normalized spacial score (nSPS) is 10.8. The van der Waals surface area contributed by atoms with Crippen molar-refractivity contribution in [2.45, 2.75) is 24.7 Å². The summed E-state index contributed by atoms with van der Waals surface area (Å²) in [5, 5.41) is 13.2. The van der Waals surface area contributed by atoms with Gasteiger partial charge in [-0.25, -0.2) is 0 Å². The number of benzene rings is 3. The Morgan fingerprint density at radius 3 is 2.27 bits per heavy atom. The van der Waals surface area contributed by atoms with Gasteiger partial charge in [0.05, 0.1) is 11.3 Å². The van der Waals surface area contributed by atoms with E-state index in [1.165, 1.54) is 60.7 Å². The third-order valence-corrected chi connectivity index (χ3v) is 6.21. The molecule has 3 aromatic carbocycles. The van der Waals surface area contributed by atoms with Crippen molar-refractivity contribution < 1.29 is 36.6 Å². The van der Waals surface area contributed by atoms with Crippen LogP contribution in [-0.4, -0.2) is 37.6 Å². The molecule has 0 fully saturated rings. The highest BCUT2D eigenvalue weighted by atomic mass is 32.2. The summed E-state index contributed by atoms with van der Waals surface area (Å²) in [6, 6.07) is 16.8. The van der Waals surface area contributed by atoms with Gasteiger partial charge in [0.2, 0.25) is 5.91 Å². The first kappa shape index (κ1) is 27.0. The zero-order valence-electron chi connectivity index (χ0n) is 19.6. The molecule has 0 saturated carbocycles. The van der Waals surface area contributed by atoms with Crippen molar-refractivity contribution in [1.29, 1.82) is 0 Å². The van der Waals surface area contributed by atoms with E-state index in [9.17, 15) is 32.9 Å². The molecule has 3 rings (SSSR count). The Kier molecular flexibility index (Phi) is 8.69. The molecule has 0 unspecified atom stereocenters. The number of carbonyl (C=O) groups excluding carboxylic acids is 3. The summed E-state index contributed by atoms with van der Waals surface area (Å²) in [6.07, 6.45) is -0.561. The van der Waals surface area contributed by atoms with E-state index in [4.69, 9.17) is 8.92 Å². The van der Waals surface area contributed by atoms with Gasteiger partial charge in [-0.15, -0.1) is 0 Å². The number of rotatable bonds is 11. The molecule has 0 aliphatic rings. The highest BCUT2D eigenvalue weighted by Crippen LogP contribution is 2.20. The predicted molar refractivity (Wildman–Crippen MR) is 132 cm³/mol. The number of ketones is 1. The minimum Gasteiger partial charge on any atom is -0.457 e. The van der Waals surface area contributed by atoms with Gasteiger partial charge < -0.3 is 14.2 Å². The van der Waals surface area contributed by atoms with Crippen LogP contribution in [0, 0.1) is 17.0 Å². The van der Waals surface area contributed by atoms with Crippen LogP contribution >= 0.6 is 0 Å². The number of nitrogens with one attached hydrogen (secondary N) is 1. The third kappa shape index (κ3) is 7.97. The standard InChI is InChI=1S/C25H22N2O9S/c1-17-5-11-22(12-6-17)37(33,34)36-21-9-7-18(8-10-21)23(28)16-35-25(30)14-13-24(29)26-19-3-2-4-20(15-19)27(31)32/h2-12,15H,13-14,16H2,1H3,(H,26,29). The van der Waals surface area contributed by atoms with Crippen molar-refractivity contribution in [3.63, 3.8) is 0 Å². The summed E-state index contributed by atoms with van der Waals surface area (Å²) in [5.74, 6) is -1.88. The number of hydrogen-bond acceptors (Lipinski definition) is 9. The van der Waals surface area contributed by atoms with Crippen LogP contribution < -0.4 is 9.50 Å². The molecule has 37 heavy (non-hydrogen) atoms. The minimum atomic E-state index is -4.04. The van der Waals surface area contributed by atoms with Crippen LogP contribution in [0.1, 0.15) is 28.8 Å². The summed E-state index contributed by atoms with van der Waals surface area (Å²) in [4.78, 5) is 46.4. The number of nitro groups is 1. The lowest BCUT2D eigenvalue weighted by atomic mass is 10.1. The van der Waals surface area contributed by atoms with Crippen LogP contribution in [0.3, 0.4) is 0 Å². The summed E-state index contributed by atoms with van der Waals surface area (Å²) in [6.45, 7) is 1.25. The monoisotopic (exact) mass is 526 g/mol. The number of esters is 1. The molecule has 12 heteroatoms. The smallest absolute Gasteiger partial charge is 0.339 e. The molecule has 0 aliphatic carbocycles. The first-order valence-corrected chi connectivity index (χ1v) is 12.3. The molecule has 0 bridgehead atoms. The van der Waals surface area contributed by atoms with Gasteiger partial charge in [-0.1, -0.05) is 23.8 Å². The Hall–Kier alpha value is -4.58. The number of Topliss-reactive ketones (excluding diaryl/α,β-unsaturated/α-hetero) is 1. The Morgan fingerprint density at radius 2 is 1.62 bits per heavy atom. The lowest BCUT2D eigenvalue weighted by Gasteiger charge is -2.08. The number of hydrogen-bond donors (Lipinski definition) is 1. The average Bonchev–Trinajstić information content (AvgIpc) is 2.86. The zero-order valence-corrected chi connectivity index (χ0v) is 20.4. The molecule has 11 nitrogen and oxygen atoms in total. The van der Waals surface area contributed by atoms with Gasteiger partial charge in [-0.3, -0.25) is 24.5 Å². The van der Waals surface area contributed by atoms with Crippen molar-refractivity contribution in [3.8, 4) is 5.75 Å². The molecule has 0 aliphatic heterocycles. The van der Waals surface area contributed by atoms with E-state index in [0.29, 0.717) is 0 Å². The average molecular weight is 527 g/mol. The second-order valence-corrected chi connectivity index (χ2v) is 9.36. The van der Waals surface area contributed by atoms with E-state index in [1.807, 2.05) is 6.92 Å². The Bertz CT molecular complexity index is 1420. The van der Waals surface area contributed by atoms with Crippen LogP contribution in [0.25, 0.3) is 0 Å². The molecule has 0 saturated heterocycles. The number of amides is 1. The highest BCUT2D eigenvalue weighted by molar-refractivity contribution is 7.87. The second-order valence-electron chi connectivity index (χ2n) is 7.81. The molecule has 1 N–H and O–H groups in total. The molecule has 0 aromatic heterocycles. The second kappa shape index (κ2) is 11.9. The topological polar surface area (TPSA) is 159 Å². The van der Waals surface area contributed by atoms with Crippen molar-refractivity contribution in [1.82, 2.24) is 0 Å². The number of aryl methyl sites for hydroxylation is 1. The summed E-state index contributed by atoms with van der Waals surface area (Å²) in [5.41, 5.74) is 1.08. The van der Waals surface area contributed by atoms with E-state index in [-0.39, 0.29) is 40.4 Å². The fourth-order valence-corrected chi connectivity index (χ4v) is 3.94. The van der Waals surface area contributed by atoms with Gasteiger partial charge >= 0.3 is 16.1 Å². The number of carbonyl (C=O) groups is 3. The Morgan fingerprint density at radius 1 is 0.946 bits per heavy atom. The van der Waals surface area contributed by atoms with Gasteiger partial charge in [-0.05, 0) is 49.4 Å². The van der Waals surface area contributed by atoms with Crippen LogP contribution in [0.4, 0.5) is 11.4 Å². The third-order valence-electron chi connectivity index (χ3n) is 4.95. The Balaban J connectivity index is 1.45. The maximum atomic E-state index is 12.4. The molecule has 192 valence electrons. The molecule has 0 heterocycles. The van der Waals surface area contributed by atoms with E-state index >= 15 is 0 Å². The summed E-state index contributed by atoms with van der Waals surface area (Å²) < 4.78 is 34.7. The van der Waals surface area contributed by atoms with Crippen LogP contribution in [0.2, 0.25) is 0 Å². The van der Waals surface area contributed by atoms with Gasteiger partial charge in [0.25, 0.3) is 5.69 Å². The fraction of sp³-hybridized carbons (Fsp3) is 0.160. The number of nitrogens with zero attached hydrogens (tertiary/aromatic N) is 1. The first-order chi connectivity index (χ1) is 17.5. The Labute approximate surface area is 212 Å². The maximum absolute atomic E-state index is 12.4. The lowest BCUT2D eigenvalue weighted by molar-refractivity contribution is -0.384. The highest BCUT2D eigenvalue weighted by Gasteiger charge is 2.17. The van der Waals surface area contributed by atoms with E-state index in [2.05, 4.69) is 5.32 Å². The molecular formula is C25H22N2O9S. The van der Waals surface area contributed by atoms with Gasteiger partial charge in [0.1, 0.15) is 10.6 Å².